The first-order valence-corrected chi connectivity index (χ1v) is 14.2. The molecule has 2 amide bonds. The molecular weight excluding hydrogens is 574 g/mol. The summed E-state index contributed by atoms with van der Waals surface area (Å²) in [4.78, 5) is 39.0. The number of carbonyl (C=O) groups excluding carboxylic acids is 2. The Labute approximate surface area is 255 Å². The number of aliphatic hydroxyl groups is 1. The highest BCUT2D eigenvalue weighted by Crippen LogP contribution is 2.40. The van der Waals surface area contributed by atoms with Gasteiger partial charge < -0.3 is 25.2 Å². The fourth-order valence-electron chi connectivity index (χ4n) is 4.88. The van der Waals surface area contributed by atoms with Crippen LogP contribution in [0.25, 0.3) is 5.69 Å². The van der Waals surface area contributed by atoms with Crippen molar-refractivity contribution in [3.05, 3.63) is 83.2 Å². The molecule has 0 aliphatic rings. The Morgan fingerprint density at radius 2 is 1.70 bits per heavy atom. The summed E-state index contributed by atoms with van der Waals surface area (Å²) < 4.78 is 35.4. The molecule has 10 nitrogen and oxygen atoms in total. The van der Waals surface area contributed by atoms with E-state index in [1.807, 2.05) is 51.1 Å². The number of carbonyl (C=O) groups is 3. The zero-order valence-electron chi connectivity index (χ0n) is 25.8. The third-order valence-corrected chi connectivity index (χ3v) is 6.71. The Morgan fingerprint density at radius 1 is 1.05 bits per heavy atom. The van der Waals surface area contributed by atoms with E-state index in [2.05, 4.69) is 10.4 Å². The van der Waals surface area contributed by atoms with Crippen LogP contribution in [0.5, 0.6) is 0 Å². The molecule has 1 heterocycles. The molecule has 44 heavy (non-hydrogen) atoms. The van der Waals surface area contributed by atoms with Gasteiger partial charge in [-0.3, -0.25) is 4.79 Å². The van der Waals surface area contributed by atoms with E-state index in [1.54, 1.807) is 27.0 Å². The fraction of sp³-hybridized carbons (Fsp3) is 0.438. The number of hydrogen-bond donors (Lipinski definition) is 3. The number of nitrogens with one attached hydrogen (secondary N) is 1. The zero-order valence-corrected chi connectivity index (χ0v) is 25.8. The quantitative estimate of drug-likeness (QED) is 0.276. The van der Waals surface area contributed by atoms with Crippen molar-refractivity contribution in [2.45, 2.75) is 72.1 Å². The first-order chi connectivity index (χ1) is 20.5. The van der Waals surface area contributed by atoms with Crippen LogP contribution in [-0.2, 0) is 20.7 Å². The van der Waals surface area contributed by atoms with E-state index in [-0.39, 0.29) is 18.7 Å². The first kappa shape index (κ1) is 34.2. The minimum absolute atomic E-state index is 0.134. The van der Waals surface area contributed by atoms with Crippen LogP contribution in [0.3, 0.4) is 0 Å². The highest BCUT2D eigenvalue weighted by atomic mass is 19.1. The van der Waals surface area contributed by atoms with Gasteiger partial charge in [-0.1, -0.05) is 51.1 Å². The Balaban J connectivity index is 2.10. The number of aromatic nitrogens is 2. The maximum absolute atomic E-state index is 14.9. The number of aliphatic hydroxyl groups excluding tert-OH is 1. The number of alkyl carbamates (subject to hydrolysis) is 1. The van der Waals surface area contributed by atoms with Crippen LogP contribution in [0.15, 0.2) is 54.7 Å². The standard InChI is InChI=1S/C32H40F2N4O6/c1-31(2,3)28(37(26(40)19-39)15-14-24(29(41)42)35-30(43)44-32(4,5)6)27-21(16-20-10-8-7-9-11-20)18-38(36-27)25-17-22(33)12-13-23(25)34/h7-13,17-18,24,28,39H,14-16,19H2,1-6H3,(H,35,43)(H,41,42)/t24-,28-/m0/s1. The zero-order chi connectivity index (χ0) is 32.8. The smallest absolute Gasteiger partial charge is 0.408 e. The van der Waals surface area contributed by atoms with Crippen LogP contribution < -0.4 is 5.32 Å². The number of carboxylic acids is 1. The lowest BCUT2D eigenvalue weighted by atomic mass is 9.81. The maximum Gasteiger partial charge on any atom is 0.408 e. The second-order valence-electron chi connectivity index (χ2n) is 12.6. The molecule has 0 bridgehead atoms. The van der Waals surface area contributed by atoms with E-state index in [0.717, 1.165) is 23.8 Å². The van der Waals surface area contributed by atoms with Crippen molar-refractivity contribution in [2.75, 3.05) is 13.2 Å². The third-order valence-electron chi connectivity index (χ3n) is 6.71. The summed E-state index contributed by atoms with van der Waals surface area (Å²) in [5.41, 5.74) is 0.126. The van der Waals surface area contributed by atoms with Gasteiger partial charge >= 0.3 is 12.1 Å². The molecule has 0 unspecified atom stereocenters. The lowest BCUT2D eigenvalue weighted by Gasteiger charge is -2.40. The van der Waals surface area contributed by atoms with Crippen LogP contribution in [-0.4, -0.2) is 67.7 Å². The van der Waals surface area contributed by atoms with Crippen LogP contribution in [0.2, 0.25) is 0 Å². The van der Waals surface area contributed by atoms with Gasteiger partial charge in [-0.25, -0.2) is 23.1 Å². The van der Waals surface area contributed by atoms with Crippen molar-refractivity contribution >= 4 is 18.0 Å². The molecule has 3 N–H and O–H groups in total. The predicted octanol–water partition coefficient (Wildman–Crippen LogP) is 5.02. The summed E-state index contributed by atoms with van der Waals surface area (Å²) in [6, 6.07) is 10.1. The summed E-state index contributed by atoms with van der Waals surface area (Å²) in [6.45, 7) is 9.38. The van der Waals surface area contributed by atoms with Crippen molar-refractivity contribution in [3.63, 3.8) is 0 Å². The molecule has 0 aliphatic heterocycles. The Morgan fingerprint density at radius 3 is 2.27 bits per heavy atom. The molecule has 12 heteroatoms. The van der Waals surface area contributed by atoms with E-state index in [4.69, 9.17) is 4.74 Å². The van der Waals surface area contributed by atoms with Crippen molar-refractivity contribution in [1.82, 2.24) is 20.0 Å². The number of amides is 2. The summed E-state index contributed by atoms with van der Waals surface area (Å²) in [5, 5.41) is 26.8. The lowest BCUT2D eigenvalue weighted by Crippen LogP contribution is -2.48. The normalized spacial score (nSPS) is 13.2. The summed E-state index contributed by atoms with van der Waals surface area (Å²) in [6.07, 6.45) is 0.752. The van der Waals surface area contributed by atoms with Gasteiger partial charge in [0.25, 0.3) is 0 Å². The van der Waals surface area contributed by atoms with E-state index < -0.39 is 59.3 Å². The summed E-state index contributed by atoms with van der Waals surface area (Å²) in [7, 11) is 0. The minimum Gasteiger partial charge on any atom is -0.480 e. The molecule has 1 aromatic heterocycles. The van der Waals surface area contributed by atoms with E-state index in [1.165, 1.54) is 9.58 Å². The number of ether oxygens (including phenoxy) is 1. The van der Waals surface area contributed by atoms with Crippen LogP contribution in [0.4, 0.5) is 13.6 Å². The SMILES string of the molecule is CC(C)(C)OC(=O)N[C@@H](CCN(C(=O)CO)[C@@H](c1nn(-c2cc(F)ccc2F)cc1Cc1ccccc1)C(C)(C)C)C(=O)O. The highest BCUT2D eigenvalue weighted by Gasteiger charge is 2.39. The molecule has 238 valence electrons. The third kappa shape index (κ3) is 9.09. The number of aliphatic carboxylic acids is 1. The van der Waals surface area contributed by atoms with Gasteiger partial charge in [0.2, 0.25) is 5.91 Å². The molecule has 3 aromatic rings. The van der Waals surface area contributed by atoms with E-state index >= 15 is 0 Å². The van der Waals surface area contributed by atoms with Gasteiger partial charge in [0.1, 0.15) is 35.6 Å². The lowest BCUT2D eigenvalue weighted by molar-refractivity contribution is -0.143. The predicted molar refractivity (Wildman–Crippen MR) is 159 cm³/mol. The number of nitrogens with zero attached hydrogens (tertiary/aromatic N) is 3. The second-order valence-corrected chi connectivity index (χ2v) is 12.6. The van der Waals surface area contributed by atoms with Gasteiger partial charge in [0, 0.05) is 30.8 Å². The van der Waals surface area contributed by atoms with Crippen molar-refractivity contribution in [2.24, 2.45) is 5.41 Å². The Hall–Kier alpha value is -4.32. The Kier molecular flexibility index (Phi) is 10.9. The van der Waals surface area contributed by atoms with Gasteiger partial charge in [-0.15, -0.1) is 0 Å². The van der Waals surface area contributed by atoms with E-state index in [0.29, 0.717) is 17.7 Å². The van der Waals surface area contributed by atoms with Crippen molar-refractivity contribution in [1.29, 1.82) is 0 Å². The number of benzene rings is 2. The highest BCUT2D eigenvalue weighted by molar-refractivity contribution is 5.80. The van der Waals surface area contributed by atoms with Crippen molar-refractivity contribution in [3.8, 4) is 5.69 Å². The average molecular weight is 615 g/mol. The van der Waals surface area contributed by atoms with Crippen molar-refractivity contribution < 1.29 is 38.1 Å². The van der Waals surface area contributed by atoms with Gasteiger partial charge in [0.05, 0.1) is 11.7 Å². The molecular formula is C32H40F2N4O6. The molecule has 2 atom stereocenters. The molecule has 3 rings (SSSR count). The monoisotopic (exact) mass is 614 g/mol. The van der Waals surface area contributed by atoms with Gasteiger partial charge in [-0.2, -0.15) is 5.10 Å². The van der Waals surface area contributed by atoms with Gasteiger partial charge in [0.15, 0.2) is 0 Å². The molecule has 0 fully saturated rings. The summed E-state index contributed by atoms with van der Waals surface area (Å²) in [5.74, 6) is -3.41. The Bertz CT molecular complexity index is 1460. The van der Waals surface area contributed by atoms with Gasteiger partial charge in [-0.05, 0) is 50.3 Å². The molecule has 0 aliphatic carbocycles. The maximum atomic E-state index is 14.9. The molecule has 0 spiro atoms. The molecule has 0 radical (unpaired) electrons. The minimum atomic E-state index is -1.41. The van der Waals surface area contributed by atoms with Crippen LogP contribution >= 0.6 is 0 Å². The largest absolute Gasteiger partial charge is 0.480 e. The summed E-state index contributed by atoms with van der Waals surface area (Å²) >= 11 is 0. The first-order valence-electron chi connectivity index (χ1n) is 14.2. The number of hydrogen-bond acceptors (Lipinski definition) is 6. The molecule has 0 saturated heterocycles. The second kappa shape index (κ2) is 14.0. The molecule has 0 saturated carbocycles. The van der Waals surface area contributed by atoms with E-state index in [9.17, 15) is 33.4 Å². The average Bonchev–Trinajstić information content (AvgIpc) is 3.32. The topological polar surface area (TPSA) is 134 Å². The number of carboxylic acid groups (broad SMARTS) is 1. The van der Waals surface area contributed by atoms with Crippen LogP contribution in [0.1, 0.15) is 70.8 Å². The van der Waals surface area contributed by atoms with Crippen LogP contribution in [0, 0.1) is 17.0 Å². The fourth-order valence-corrected chi connectivity index (χ4v) is 4.88. The number of rotatable bonds is 11. The molecule has 2 aromatic carbocycles. The number of halogens is 2.